The molecule has 0 radical (unpaired) electrons. The van der Waals surface area contributed by atoms with Crippen LogP contribution in [0.4, 0.5) is 0 Å². The summed E-state index contributed by atoms with van der Waals surface area (Å²) in [6.07, 6.45) is 26.8. The number of aromatic nitrogens is 4. The van der Waals surface area contributed by atoms with Crippen molar-refractivity contribution in [2.75, 3.05) is 0 Å². The number of benzene rings is 2. The topological polar surface area (TPSA) is 80.4 Å². The molecule has 0 saturated heterocycles. The van der Waals surface area contributed by atoms with Crippen LogP contribution in [-0.4, -0.2) is 19.1 Å². The molecule has 8 nitrogen and oxygen atoms in total. The summed E-state index contributed by atoms with van der Waals surface area (Å²) >= 11 is 0. The van der Waals surface area contributed by atoms with Gasteiger partial charge in [-0.3, -0.25) is 12.1 Å². The smallest absolute Gasteiger partial charge is 0.216 e. The third-order valence-electron chi connectivity index (χ3n) is 6.65. The van der Waals surface area contributed by atoms with Gasteiger partial charge in [0, 0.05) is 103 Å². The maximum Gasteiger partial charge on any atom is 0.216 e. The van der Waals surface area contributed by atoms with E-state index < -0.39 is 0 Å². The first-order chi connectivity index (χ1) is 24.7. The zero-order valence-corrected chi connectivity index (χ0v) is 31.5. The van der Waals surface area contributed by atoms with Crippen molar-refractivity contribution < 1.29 is 60.4 Å². The van der Waals surface area contributed by atoms with Crippen LogP contribution in [0.25, 0.3) is 33.8 Å². The molecule has 0 unspecified atom stereocenters. The molecule has 0 saturated carbocycles. The number of nitrogens with zero attached hydrogens (tertiary/aromatic N) is 4. The van der Waals surface area contributed by atoms with E-state index in [9.17, 15) is 0 Å². The van der Waals surface area contributed by atoms with Crippen LogP contribution in [-0.2, 0) is 42.1 Å². The van der Waals surface area contributed by atoms with Gasteiger partial charge in [-0.05, 0) is 60.7 Å². The fourth-order valence-electron chi connectivity index (χ4n) is 4.36. The Labute approximate surface area is 330 Å². The Bertz CT molecular complexity index is 2140. The van der Waals surface area contributed by atoms with Gasteiger partial charge < -0.3 is 75.7 Å². The average Bonchev–Trinajstić information content (AvgIpc) is 4.01. The number of hydrogen-bond acceptors (Lipinski definition) is 6. The second kappa shape index (κ2) is 20.0. The fourth-order valence-corrected chi connectivity index (χ4v) is 4.36. The molecular formula is C42H24N4O4Pt2-6. The minimum Gasteiger partial charge on any atom is -0.669 e. The minimum absolute atomic E-state index is 0. The van der Waals surface area contributed by atoms with Gasteiger partial charge in [0.15, 0.2) is 0 Å². The van der Waals surface area contributed by atoms with E-state index in [1.165, 1.54) is 0 Å². The molecule has 6 aromatic heterocycles. The van der Waals surface area contributed by atoms with Gasteiger partial charge >= 0.3 is 0 Å². The molecule has 0 N–H and O–H groups in total. The molecule has 0 aliphatic carbocycles. The molecule has 0 bridgehead atoms. The van der Waals surface area contributed by atoms with E-state index >= 15 is 0 Å². The summed E-state index contributed by atoms with van der Waals surface area (Å²) in [7, 11) is 0. The molecule has 10 heteroatoms. The van der Waals surface area contributed by atoms with E-state index in [1.54, 1.807) is 95.2 Å². The molecule has 8 aromatic rings. The van der Waals surface area contributed by atoms with Gasteiger partial charge in [-0.25, -0.2) is 22.1 Å². The van der Waals surface area contributed by atoms with E-state index in [0.717, 1.165) is 22.6 Å². The predicted octanol–water partition coefficient (Wildman–Crippen LogP) is 9.21. The van der Waals surface area contributed by atoms with Crippen LogP contribution in [0.15, 0.2) is 156 Å². The normalized spacial score (nSPS) is 9.58. The van der Waals surface area contributed by atoms with Crippen molar-refractivity contribution in [1.29, 1.82) is 0 Å². The molecule has 0 atom stereocenters. The van der Waals surface area contributed by atoms with Crippen molar-refractivity contribution in [2.24, 2.45) is 0 Å². The summed E-state index contributed by atoms with van der Waals surface area (Å²) in [5.74, 6) is 3.27. The molecule has 8 rings (SSSR count). The summed E-state index contributed by atoms with van der Waals surface area (Å²) in [6.45, 7) is 0. The Morgan fingerprint density at radius 3 is 1.35 bits per heavy atom. The maximum absolute atomic E-state index is 6.57. The largest absolute Gasteiger partial charge is 0.669 e. The van der Waals surface area contributed by atoms with E-state index in [-0.39, 0.29) is 42.1 Å². The van der Waals surface area contributed by atoms with Crippen molar-refractivity contribution in [3.63, 3.8) is 0 Å². The van der Waals surface area contributed by atoms with Gasteiger partial charge in [0.05, 0.1) is 12.5 Å². The van der Waals surface area contributed by atoms with Crippen molar-refractivity contribution >= 4 is 0 Å². The van der Waals surface area contributed by atoms with Crippen molar-refractivity contribution in [3.8, 4) is 69.1 Å². The first-order valence-electron chi connectivity index (χ1n) is 15.0. The average molecular weight is 1040 g/mol. The summed E-state index contributed by atoms with van der Waals surface area (Å²) < 4.78 is 25.9. The Kier molecular flexibility index (Phi) is 14.9. The Morgan fingerprint density at radius 1 is 0.577 bits per heavy atom. The molecule has 0 aliphatic rings. The van der Waals surface area contributed by atoms with Crippen molar-refractivity contribution in [3.05, 3.63) is 184 Å². The fraction of sp³-hybridized carbons (Fsp3) is 0. The summed E-state index contributed by atoms with van der Waals surface area (Å²) in [5.41, 5.74) is 2.97. The van der Waals surface area contributed by atoms with Gasteiger partial charge in [-0.1, -0.05) is 11.5 Å². The van der Waals surface area contributed by atoms with Gasteiger partial charge in [-0.2, -0.15) is 12.1 Å². The number of ether oxygens (including phenoxy) is 2. The van der Waals surface area contributed by atoms with Crippen LogP contribution in [0.3, 0.4) is 0 Å². The summed E-state index contributed by atoms with van der Waals surface area (Å²) in [5, 5.41) is 0. The predicted molar refractivity (Wildman–Crippen MR) is 185 cm³/mol. The SMILES string of the molecule is [C-]#Cn1cccc1.[C-]#Cn1cccc1.[Pt].[Pt].[c-]1ccc(Oc2cc(-c3ccco3)ccn2)[c-]c1-c1[c-]ccc(Oc2cc(-c3ccco3)ccn2)[c-]1. The van der Waals surface area contributed by atoms with Crippen LogP contribution in [0, 0.1) is 49.2 Å². The van der Waals surface area contributed by atoms with E-state index in [2.05, 4.69) is 46.3 Å². The minimum atomic E-state index is 0. The second-order valence-electron chi connectivity index (χ2n) is 10.0. The molecule has 0 fully saturated rings. The summed E-state index contributed by atoms with van der Waals surface area (Å²) in [6, 6.07) is 46.2. The van der Waals surface area contributed by atoms with Gasteiger partial charge in [0.2, 0.25) is 11.8 Å². The molecule has 0 aliphatic heterocycles. The molecule has 6 heterocycles. The first-order valence-corrected chi connectivity index (χ1v) is 15.0. The van der Waals surface area contributed by atoms with Gasteiger partial charge in [-0.15, -0.1) is 0 Å². The van der Waals surface area contributed by atoms with Crippen LogP contribution in [0.2, 0.25) is 0 Å². The molecule has 0 amide bonds. The van der Waals surface area contributed by atoms with Crippen LogP contribution < -0.4 is 9.47 Å². The van der Waals surface area contributed by atoms with Gasteiger partial charge in [0.1, 0.15) is 11.5 Å². The molecule has 0 spiro atoms. The van der Waals surface area contributed by atoms with E-state index in [0.29, 0.717) is 34.4 Å². The van der Waals surface area contributed by atoms with E-state index in [1.807, 2.05) is 60.7 Å². The molecule has 262 valence electrons. The Morgan fingerprint density at radius 2 is 1.00 bits per heavy atom. The zero-order chi connectivity index (χ0) is 34.4. The first kappa shape index (κ1) is 38.8. The zero-order valence-electron chi connectivity index (χ0n) is 26.9. The maximum atomic E-state index is 6.57. The van der Waals surface area contributed by atoms with Crippen molar-refractivity contribution in [1.82, 2.24) is 19.1 Å². The molecule has 52 heavy (non-hydrogen) atoms. The van der Waals surface area contributed by atoms with Crippen LogP contribution in [0.1, 0.15) is 0 Å². The molecular weight excluding hydrogens is 1010 g/mol. The van der Waals surface area contributed by atoms with Gasteiger partial charge in [0.25, 0.3) is 0 Å². The van der Waals surface area contributed by atoms with Crippen molar-refractivity contribution in [2.45, 2.75) is 0 Å². The summed E-state index contributed by atoms with van der Waals surface area (Å²) in [4.78, 5) is 8.58. The Hall–Kier alpha value is -6.04. The number of hydrogen-bond donors (Lipinski definition) is 0. The third-order valence-corrected chi connectivity index (χ3v) is 6.65. The van der Waals surface area contributed by atoms with E-state index in [4.69, 9.17) is 31.2 Å². The second-order valence-corrected chi connectivity index (χ2v) is 10.0. The Balaban J connectivity index is 0.000000316. The van der Waals surface area contributed by atoms with Crippen LogP contribution in [0.5, 0.6) is 23.3 Å². The quantitative estimate of drug-likeness (QED) is 0.117. The standard InChI is InChI=1S/C30H16N2O4.2C6H4N.2Pt/c1-5-21(17-25(7-1)35-29-19-23(11-13-31-29)27-9-3-15-33-27)22-6-2-8-26(18-22)36-30-20-24(12-14-32-30)28-10-4-16-34-28;2*1-2-7-5-3-4-6-7;;/h1-4,7-16,19-20H;2*3-6H;;/q-4;2*-1;;. The number of furan rings is 2. The third kappa shape index (κ3) is 11.0. The number of pyridine rings is 2. The number of rotatable bonds is 7. The van der Waals surface area contributed by atoms with Crippen LogP contribution >= 0.6 is 0 Å². The molecule has 2 aromatic carbocycles. The monoisotopic (exact) mass is 1040 g/mol.